The van der Waals surface area contributed by atoms with E-state index in [-0.39, 0.29) is 5.91 Å². The second-order valence-corrected chi connectivity index (χ2v) is 6.92. The lowest BCUT2D eigenvalue weighted by Gasteiger charge is -2.19. The number of hydrogen-bond acceptors (Lipinski definition) is 5. The Bertz CT molecular complexity index is 775. The van der Waals surface area contributed by atoms with Crippen LogP contribution >= 0.6 is 0 Å². The summed E-state index contributed by atoms with van der Waals surface area (Å²) in [6.45, 7) is 11.5. The molecule has 1 N–H and O–H groups in total. The lowest BCUT2D eigenvalue weighted by Crippen LogP contribution is -2.34. The molecule has 0 aliphatic heterocycles. The summed E-state index contributed by atoms with van der Waals surface area (Å²) in [6, 6.07) is 5.37. The van der Waals surface area contributed by atoms with E-state index in [4.69, 9.17) is 4.74 Å². The summed E-state index contributed by atoms with van der Waals surface area (Å²) in [6.07, 6.45) is -0.464. The van der Waals surface area contributed by atoms with Gasteiger partial charge in [0.05, 0.1) is 12.1 Å². The Kier molecular flexibility index (Phi) is 6.18. The van der Waals surface area contributed by atoms with Gasteiger partial charge in [0.2, 0.25) is 0 Å². The molecule has 1 aromatic carbocycles. The molecule has 0 atom stereocenters. The van der Waals surface area contributed by atoms with Crippen molar-refractivity contribution in [2.75, 3.05) is 19.6 Å². The fourth-order valence-electron chi connectivity index (χ4n) is 2.54. The predicted octanol–water partition coefficient (Wildman–Crippen LogP) is 2.44. The van der Waals surface area contributed by atoms with Crippen LogP contribution in [0.3, 0.4) is 0 Å². The molecule has 0 saturated carbocycles. The van der Waals surface area contributed by atoms with Crippen LogP contribution in [-0.2, 0) is 11.3 Å². The molecule has 8 heteroatoms. The van der Waals surface area contributed by atoms with Gasteiger partial charge in [0, 0.05) is 25.2 Å². The van der Waals surface area contributed by atoms with E-state index in [1.807, 2.05) is 40.7 Å². The van der Waals surface area contributed by atoms with Gasteiger partial charge >= 0.3 is 6.09 Å². The second-order valence-electron chi connectivity index (χ2n) is 6.92. The largest absolute Gasteiger partial charge is 0.444 e. The van der Waals surface area contributed by atoms with Crippen molar-refractivity contribution in [3.05, 3.63) is 23.8 Å². The van der Waals surface area contributed by atoms with Gasteiger partial charge in [-0.2, -0.15) is 0 Å². The quantitative estimate of drug-likeness (QED) is 0.853. The van der Waals surface area contributed by atoms with E-state index >= 15 is 0 Å². The Morgan fingerprint density at radius 1 is 1.23 bits per heavy atom. The zero-order valence-electron chi connectivity index (χ0n) is 16.1. The van der Waals surface area contributed by atoms with Gasteiger partial charge in [-0.1, -0.05) is 5.21 Å². The summed E-state index contributed by atoms with van der Waals surface area (Å²) in [5, 5.41) is 10.9. The van der Waals surface area contributed by atoms with Crippen molar-refractivity contribution in [3.63, 3.8) is 0 Å². The third-order valence-electron chi connectivity index (χ3n) is 3.80. The first-order chi connectivity index (χ1) is 12.2. The molecule has 0 aliphatic carbocycles. The molecule has 2 aromatic rings. The smallest absolute Gasteiger partial charge is 0.407 e. The number of nitrogens with one attached hydrogen (secondary N) is 1. The number of amides is 2. The summed E-state index contributed by atoms with van der Waals surface area (Å²) >= 11 is 0. The number of benzene rings is 1. The van der Waals surface area contributed by atoms with Crippen LogP contribution in [0.2, 0.25) is 0 Å². The van der Waals surface area contributed by atoms with E-state index < -0.39 is 11.7 Å². The molecule has 142 valence electrons. The highest BCUT2D eigenvalue weighted by Gasteiger charge is 2.16. The number of ether oxygens (including phenoxy) is 1. The third kappa shape index (κ3) is 4.93. The van der Waals surface area contributed by atoms with E-state index in [2.05, 4.69) is 15.6 Å². The molecule has 0 fully saturated rings. The zero-order valence-corrected chi connectivity index (χ0v) is 16.1. The minimum atomic E-state index is -0.530. The number of alkyl carbamates (subject to hydrolysis) is 1. The molecule has 1 aromatic heterocycles. The van der Waals surface area contributed by atoms with E-state index in [0.717, 1.165) is 5.52 Å². The summed E-state index contributed by atoms with van der Waals surface area (Å²) in [7, 11) is 0. The fourth-order valence-corrected chi connectivity index (χ4v) is 2.54. The normalized spacial score (nSPS) is 11.4. The van der Waals surface area contributed by atoms with Crippen molar-refractivity contribution in [2.24, 2.45) is 0 Å². The molecule has 0 saturated heterocycles. The lowest BCUT2D eigenvalue weighted by atomic mass is 10.1. The van der Waals surface area contributed by atoms with Crippen molar-refractivity contribution in [1.29, 1.82) is 0 Å². The van der Waals surface area contributed by atoms with E-state index in [9.17, 15) is 9.59 Å². The minimum Gasteiger partial charge on any atom is -0.444 e. The first kappa shape index (κ1) is 19.7. The molecule has 2 amide bonds. The van der Waals surface area contributed by atoms with Gasteiger partial charge in [0.15, 0.2) is 0 Å². The summed E-state index contributed by atoms with van der Waals surface area (Å²) in [5.74, 6) is -0.0157. The Balaban J connectivity index is 2.03. The monoisotopic (exact) mass is 361 g/mol. The summed E-state index contributed by atoms with van der Waals surface area (Å²) < 4.78 is 6.89. The molecular formula is C18H27N5O3. The average molecular weight is 361 g/mol. The van der Waals surface area contributed by atoms with Crippen LogP contribution in [0, 0.1) is 0 Å². The average Bonchev–Trinajstić information content (AvgIpc) is 2.96. The number of hydrogen-bond donors (Lipinski definition) is 1. The predicted molar refractivity (Wildman–Crippen MR) is 99.0 cm³/mol. The Morgan fingerprint density at radius 2 is 1.92 bits per heavy atom. The van der Waals surface area contributed by atoms with Crippen molar-refractivity contribution < 1.29 is 14.3 Å². The van der Waals surface area contributed by atoms with Crippen molar-refractivity contribution in [2.45, 2.75) is 46.8 Å². The molecule has 0 unspecified atom stereocenters. The lowest BCUT2D eigenvalue weighted by molar-refractivity contribution is 0.0525. The number of carbonyl (C=O) groups excluding carboxylic acids is 2. The molecule has 0 aliphatic rings. The van der Waals surface area contributed by atoms with Crippen LogP contribution in [-0.4, -0.2) is 57.1 Å². The molecule has 0 bridgehead atoms. The highest BCUT2D eigenvalue weighted by atomic mass is 16.6. The van der Waals surface area contributed by atoms with Gasteiger partial charge in [-0.15, -0.1) is 5.10 Å². The Labute approximate surface area is 153 Å². The maximum Gasteiger partial charge on any atom is 0.407 e. The highest BCUT2D eigenvalue weighted by Crippen LogP contribution is 2.15. The molecule has 26 heavy (non-hydrogen) atoms. The van der Waals surface area contributed by atoms with Gasteiger partial charge in [-0.3, -0.25) is 4.79 Å². The number of rotatable bonds is 6. The van der Waals surface area contributed by atoms with Gasteiger partial charge in [0.1, 0.15) is 11.1 Å². The van der Waals surface area contributed by atoms with Gasteiger partial charge in [0.25, 0.3) is 5.91 Å². The van der Waals surface area contributed by atoms with Crippen molar-refractivity contribution >= 4 is 23.0 Å². The maximum absolute atomic E-state index is 12.4. The van der Waals surface area contributed by atoms with Gasteiger partial charge in [-0.05, 0) is 52.8 Å². The Morgan fingerprint density at radius 3 is 2.54 bits per heavy atom. The van der Waals surface area contributed by atoms with E-state index in [1.54, 1.807) is 21.7 Å². The maximum atomic E-state index is 12.4. The van der Waals surface area contributed by atoms with Crippen LogP contribution in [0.1, 0.15) is 45.0 Å². The third-order valence-corrected chi connectivity index (χ3v) is 3.80. The van der Waals surface area contributed by atoms with Crippen LogP contribution in [0.25, 0.3) is 11.0 Å². The molecular weight excluding hydrogens is 334 g/mol. The number of carbonyl (C=O) groups is 2. The summed E-state index contributed by atoms with van der Waals surface area (Å²) in [4.78, 5) is 25.9. The minimum absolute atomic E-state index is 0.0157. The van der Waals surface area contributed by atoms with Crippen LogP contribution in [0.15, 0.2) is 18.2 Å². The molecule has 0 radical (unpaired) electrons. The molecule has 2 rings (SSSR count). The van der Waals surface area contributed by atoms with Crippen LogP contribution in [0.4, 0.5) is 4.79 Å². The van der Waals surface area contributed by atoms with Crippen molar-refractivity contribution in [1.82, 2.24) is 25.2 Å². The van der Waals surface area contributed by atoms with Gasteiger partial charge < -0.3 is 15.0 Å². The van der Waals surface area contributed by atoms with Crippen LogP contribution < -0.4 is 5.32 Å². The number of aromatic nitrogens is 3. The van der Waals surface area contributed by atoms with Crippen LogP contribution in [0.5, 0.6) is 0 Å². The second kappa shape index (κ2) is 8.16. The fraction of sp³-hybridized carbons (Fsp3) is 0.556. The number of nitrogens with zero attached hydrogens (tertiary/aromatic N) is 4. The summed E-state index contributed by atoms with van der Waals surface area (Å²) in [5.41, 5.74) is 1.53. The zero-order chi connectivity index (χ0) is 19.3. The highest BCUT2D eigenvalue weighted by molar-refractivity contribution is 5.97. The molecule has 1 heterocycles. The van der Waals surface area contributed by atoms with Crippen molar-refractivity contribution in [3.8, 4) is 0 Å². The van der Waals surface area contributed by atoms with E-state index in [1.165, 1.54) is 0 Å². The van der Waals surface area contributed by atoms with Gasteiger partial charge in [-0.25, -0.2) is 9.48 Å². The first-order valence-electron chi connectivity index (χ1n) is 8.84. The first-order valence-corrected chi connectivity index (χ1v) is 8.84. The van der Waals surface area contributed by atoms with E-state index in [0.29, 0.717) is 37.3 Å². The number of fused-ring (bicyclic) bond motifs is 1. The Hall–Kier alpha value is -2.64. The SMILES string of the molecule is CCN(CC)C(=O)c1ccc2c(c1)nnn2CCNC(=O)OC(C)(C)C. The molecule has 8 nitrogen and oxygen atoms in total. The topological polar surface area (TPSA) is 89.4 Å². The standard InChI is InChI=1S/C18H27N5O3/c1-6-22(7-2)16(24)13-8-9-15-14(12-13)20-21-23(15)11-10-19-17(25)26-18(3,4)5/h8-9,12H,6-7,10-11H2,1-5H3,(H,19,25). The molecule has 0 spiro atoms.